The van der Waals surface area contributed by atoms with E-state index in [1.807, 2.05) is 48.5 Å². The molecule has 4 aromatic rings. The summed E-state index contributed by atoms with van der Waals surface area (Å²) in [6, 6.07) is 18.2. The molecule has 140 valence electrons. The molecule has 2 aromatic carbocycles. The summed E-state index contributed by atoms with van der Waals surface area (Å²) in [5, 5.41) is 8.41. The highest BCUT2D eigenvalue weighted by Gasteiger charge is 2.12. The molecular formula is C20H15BrN4O3. The van der Waals surface area contributed by atoms with Crippen LogP contribution in [0.2, 0.25) is 0 Å². The first kappa shape index (κ1) is 18.1. The number of hydrogen-bond acceptors (Lipinski definition) is 6. The molecule has 0 fully saturated rings. The lowest BCUT2D eigenvalue weighted by molar-refractivity contribution is 0.363. The van der Waals surface area contributed by atoms with E-state index >= 15 is 0 Å². The summed E-state index contributed by atoms with van der Waals surface area (Å²) in [7, 11) is 1.60. The van der Waals surface area contributed by atoms with Crippen LogP contribution in [-0.4, -0.2) is 27.0 Å². The predicted molar refractivity (Wildman–Crippen MR) is 107 cm³/mol. The number of nitrogens with zero attached hydrogens (tertiary/aromatic N) is 4. The zero-order chi connectivity index (χ0) is 19.5. The van der Waals surface area contributed by atoms with E-state index < -0.39 is 0 Å². The van der Waals surface area contributed by atoms with Gasteiger partial charge in [-0.3, -0.25) is 4.79 Å². The van der Waals surface area contributed by atoms with Crippen LogP contribution in [0.3, 0.4) is 0 Å². The largest absolute Gasteiger partial charge is 0.497 e. The number of ether oxygens (including phenoxy) is 1. The average Bonchev–Trinajstić information content (AvgIpc) is 3.18. The fourth-order valence-electron chi connectivity index (χ4n) is 2.69. The van der Waals surface area contributed by atoms with E-state index in [-0.39, 0.29) is 12.1 Å². The Morgan fingerprint density at radius 3 is 2.71 bits per heavy atom. The second-order valence-corrected chi connectivity index (χ2v) is 6.88. The first-order valence-electron chi connectivity index (χ1n) is 8.43. The van der Waals surface area contributed by atoms with Crippen molar-refractivity contribution in [1.82, 2.24) is 19.9 Å². The molecule has 0 saturated carbocycles. The van der Waals surface area contributed by atoms with Gasteiger partial charge in [-0.15, -0.1) is 0 Å². The summed E-state index contributed by atoms with van der Waals surface area (Å²) in [6.45, 7) is 0.0810. The van der Waals surface area contributed by atoms with E-state index in [9.17, 15) is 4.79 Å². The molecule has 0 spiro atoms. The van der Waals surface area contributed by atoms with Crippen molar-refractivity contribution < 1.29 is 9.26 Å². The maximum atomic E-state index is 12.2. The molecule has 0 aliphatic rings. The number of methoxy groups -OCH3 is 1. The number of rotatable bonds is 5. The van der Waals surface area contributed by atoms with Crippen LogP contribution in [0.5, 0.6) is 5.75 Å². The van der Waals surface area contributed by atoms with Crippen LogP contribution in [0.4, 0.5) is 0 Å². The Balaban J connectivity index is 1.62. The third-order valence-corrected chi connectivity index (χ3v) is 4.56. The molecule has 2 aromatic heterocycles. The van der Waals surface area contributed by atoms with Crippen LogP contribution in [0.15, 0.2) is 74.5 Å². The van der Waals surface area contributed by atoms with Gasteiger partial charge in [-0.05, 0) is 30.3 Å². The second-order valence-electron chi connectivity index (χ2n) is 5.97. The summed E-state index contributed by atoms with van der Waals surface area (Å²) < 4.78 is 12.8. The fraction of sp³-hybridized carbons (Fsp3) is 0.100. The van der Waals surface area contributed by atoms with Gasteiger partial charge in [0.15, 0.2) is 0 Å². The maximum absolute atomic E-state index is 12.2. The smallest absolute Gasteiger partial charge is 0.267 e. The van der Waals surface area contributed by atoms with Crippen molar-refractivity contribution in [3.8, 4) is 28.4 Å². The molecule has 0 saturated heterocycles. The molecule has 7 nitrogen and oxygen atoms in total. The van der Waals surface area contributed by atoms with Crippen molar-refractivity contribution >= 4 is 15.9 Å². The van der Waals surface area contributed by atoms with E-state index in [1.165, 1.54) is 10.7 Å². The molecule has 8 heteroatoms. The van der Waals surface area contributed by atoms with E-state index in [1.54, 1.807) is 13.2 Å². The lowest BCUT2D eigenvalue weighted by Crippen LogP contribution is -2.23. The molecular weight excluding hydrogens is 424 g/mol. The molecule has 0 amide bonds. The Morgan fingerprint density at radius 2 is 1.89 bits per heavy atom. The predicted octanol–water partition coefficient (Wildman–Crippen LogP) is 3.78. The van der Waals surface area contributed by atoms with Gasteiger partial charge < -0.3 is 9.26 Å². The molecule has 0 aliphatic carbocycles. The quantitative estimate of drug-likeness (QED) is 0.471. The average molecular weight is 439 g/mol. The number of hydrogen-bond donors (Lipinski definition) is 0. The van der Waals surface area contributed by atoms with Gasteiger partial charge in [0.1, 0.15) is 12.3 Å². The standard InChI is InChI=1S/C20H15BrN4O3/c1-27-16-7-3-4-13(11-16)17-8-9-19(26)25(23-17)12-18-22-20(24-28-18)14-5-2-6-15(21)10-14/h2-11H,12H2,1H3. The summed E-state index contributed by atoms with van der Waals surface area (Å²) in [5.41, 5.74) is 2.04. The highest BCUT2D eigenvalue weighted by atomic mass is 79.9. The third kappa shape index (κ3) is 3.86. The first-order valence-corrected chi connectivity index (χ1v) is 9.23. The molecule has 0 unspecified atom stereocenters. The molecule has 0 N–H and O–H groups in total. The first-order chi connectivity index (χ1) is 13.6. The monoisotopic (exact) mass is 438 g/mol. The number of halogens is 1. The molecule has 2 heterocycles. The lowest BCUT2D eigenvalue weighted by Gasteiger charge is -2.06. The maximum Gasteiger partial charge on any atom is 0.267 e. The second kappa shape index (κ2) is 7.77. The zero-order valence-corrected chi connectivity index (χ0v) is 16.5. The van der Waals surface area contributed by atoms with Crippen LogP contribution < -0.4 is 10.3 Å². The highest BCUT2D eigenvalue weighted by molar-refractivity contribution is 9.10. The van der Waals surface area contributed by atoms with Gasteiger partial charge in [0.25, 0.3) is 5.56 Å². The van der Waals surface area contributed by atoms with Crippen molar-refractivity contribution in [2.75, 3.05) is 7.11 Å². The van der Waals surface area contributed by atoms with E-state index in [0.29, 0.717) is 23.2 Å². The summed E-state index contributed by atoms with van der Waals surface area (Å²) >= 11 is 3.42. The van der Waals surface area contributed by atoms with E-state index in [2.05, 4.69) is 31.2 Å². The van der Waals surface area contributed by atoms with E-state index in [0.717, 1.165) is 15.6 Å². The van der Waals surface area contributed by atoms with Crippen LogP contribution in [0, 0.1) is 0 Å². The van der Waals surface area contributed by atoms with Crippen molar-refractivity contribution in [3.63, 3.8) is 0 Å². The van der Waals surface area contributed by atoms with Crippen LogP contribution in [0.1, 0.15) is 5.89 Å². The van der Waals surface area contributed by atoms with Gasteiger partial charge in [-0.1, -0.05) is 45.4 Å². The molecule has 0 aliphatic heterocycles. The lowest BCUT2D eigenvalue weighted by atomic mass is 10.1. The summed E-state index contributed by atoms with van der Waals surface area (Å²) in [5.74, 6) is 1.47. The fourth-order valence-corrected chi connectivity index (χ4v) is 3.09. The summed E-state index contributed by atoms with van der Waals surface area (Å²) in [4.78, 5) is 16.6. The number of aromatic nitrogens is 4. The van der Waals surface area contributed by atoms with Crippen LogP contribution >= 0.6 is 15.9 Å². The minimum Gasteiger partial charge on any atom is -0.497 e. The minimum atomic E-state index is -0.256. The molecule has 4 rings (SSSR count). The Bertz CT molecular complexity index is 1190. The number of benzene rings is 2. The van der Waals surface area contributed by atoms with Crippen molar-refractivity contribution in [2.24, 2.45) is 0 Å². The van der Waals surface area contributed by atoms with Crippen LogP contribution in [0.25, 0.3) is 22.6 Å². The topological polar surface area (TPSA) is 83.0 Å². The minimum absolute atomic E-state index is 0.0810. The van der Waals surface area contributed by atoms with Crippen molar-refractivity contribution in [3.05, 3.63) is 81.4 Å². The Hall–Kier alpha value is -3.26. The van der Waals surface area contributed by atoms with Gasteiger partial charge >= 0.3 is 0 Å². The zero-order valence-electron chi connectivity index (χ0n) is 14.9. The molecule has 0 bridgehead atoms. The molecule has 0 radical (unpaired) electrons. The summed E-state index contributed by atoms with van der Waals surface area (Å²) in [6.07, 6.45) is 0. The molecule has 28 heavy (non-hydrogen) atoms. The Kier molecular flexibility index (Phi) is 5.03. The van der Waals surface area contributed by atoms with Gasteiger partial charge in [-0.2, -0.15) is 10.1 Å². The van der Waals surface area contributed by atoms with Gasteiger partial charge in [-0.25, -0.2) is 4.68 Å². The molecule has 0 atom stereocenters. The Labute approximate surface area is 168 Å². The SMILES string of the molecule is COc1cccc(-c2ccc(=O)n(Cc3nc(-c4cccc(Br)c4)no3)n2)c1. The Morgan fingerprint density at radius 1 is 1.07 bits per heavy atom. The highest BCUT2D eigenvalue weighted by Crippen LogP contribution is 2.22. The van der Waals surface area contributed by atoms with Gasteiger partial charge in [0, 0.05) is 21.7 Å². The van der Waals surface area contributed by atoms with Crippen molar-refractivity contribution in [1.29, 1.82) is 0 Å². The van der Waals surface area contributed by atoms with Gasteiger partial charge in [0.05, 0.1) is 12.8 Å². The van der Waals surface area contributed by atoms with E-state index in [4.69, 9.17) is 9.26 Å². The van der Waals surface area contributed by atoms with Gasteiger partial charge in [0.2, 0.25) is 11.7 Å². The van der Waals surface area contributed by atoms with Crippen molar-refractivity contribution in [2.45, 2.75) is 6.54 Å². The normalized spacial score (nSPS) is 10.8. The third-order valence-electron chi connectivity index (χ3n) is 4.07. The van der Waals surface area contributed by atoms with Crippen LogP contribution in [-0.2, 0) is 6.54 Å².